The van der Waals surface area contributed by atoms with Gasteiger partial charge in [0.15, 0.2) is 5.82 Å². The van der Waals surface area contributed by atoms with Gasteiger partial charge in [-0.2, -0.15) is 5.10 Å². The van der Waals surface area contributed by atoms with Gasteiger partial charge in [0.25, 0.3) is 0 Å². The Bertz CT molecular complexity index is 653. The van der Waals surface area contributed by atoms with Crippen molar-refractivity contribution < 1.29 is 4.74 Å². The van der Waals surface area contributed by atoms with Gasteiger partial charge in [-0.1, -0.05) is 30.3 Å². The highest BCUT2D eigenvalue weighted by Crippen LogP contribution is 2.24. The number of hydrogen-bond acceptors (Lipinski definition) is 5. The molecule has 2 aromatic rings. The molecule has 0 radical (unpaired) electrons. The molecule has 0 spiro atoms. The van der Waals surface area contributed by atoms with Crippen LogP contribution in [0, 0.1) is 5.92 Å². The summed E-state index contributed by atoms with van der Waals surface area (Å²) >= 11 is 0. The lowest BCUT2D eigenvalue weighted by molar-refractivity contribution is -0.0204. The van der Waals surface area contributed by atoms with Crippen molar-refractivity contribution in [3.8, 4) is 0 Å². The highest BCUT2D eigenvalue weighted by molar-refractivity contribution is 5.14. The number of ether oxygens (including phenoxy) is 1. The van der Waals surface area contributed by atoms with Crippen molar-refractivity contribution >= 4 is 0 Å². The summed E-state index contributed by atoms with van der Waals surface area (Å²) in [4.78, 5) is 7.13. The van der Waals surface area contributed by atoms with E-state index in [0.29, 0.717) is 6.61 Å². The lowest BCUT2D eigenvalue weighted by Crippen LogP contribution is -2.44. The van der Waals surface area contributed by atoms with E-state index in [2.05, 4.69) is 39.5 Å². The molecule has 1 unspecified atom stereocenters. The van der Waals surface area contributed by atoms with Crippen molar-refractivity contribution in [3.63, 3.8) is 0 Å². The van der Waals surface area contributed by atoms with E-state index in [-0.39, 0.29) is 6.04 Å². The van der Waals surface area contributed by atoms with Gasteiger partial charge < -0.3 is 10.1 Å². The van der Waals surface area contributed by atoms with E-state index in [1.54, 1.807) is 0 Å². The van der Waals surface area contributed by atoms with Crippen LogP contribution >= 0.6 is 0 Å². The van der Waals surface area contributed by atoms with Gasteiger partial charge >= 0.3 is 0 Å². The van der Waals surface area contributed by atoms with Crippen LogP contribution in [-0.2, 0) is 11.3 Å². The van der Waals surface area contributed by atoms with Crippen LogP contribution in [0.15, 0.2) is 36.7 Å². The maximum Gasteiger partial charge on any atom is 0.170 e. The Hall–Kier alpha value is -1.76. The number of piperidine rings is 1. The molecule has 2 aliphatic rings. The van der Waals surface area contributed by atoms with Gasteiger partial charge in [0.2, 0.25) is 0 Å². The quantitative estimate of drug-likeness (QED) is 0.897. The largest absolute Gasteiger partial charge is 0.378 e. The zero-order valence-corrected chi connectivity index (χ0v) is 14.7. The first kappa shape index (κ1) is 16.7. The Kier molecular flexibility index (Phi) is 5.40. The predicted octanol–water partition coefficient (Wildman–Crippen LogP) is 1.70. The Balaban J connectivity index is 1.43. The number of aromatic nitrogens is 3. The first-order chi connectivity index (χ1) is 12.4. The molecule has 134 valence electrons. The summed E-state index contributed by atoms with van der Waals surface area (Å²) in [6, 6.07) is 10.6. The summed E-state index contributed by atoms with van der Waals surface area (Å²) in [6.07, 6.45) is 4.37. The van der Waals surface area contributed by atoms with Crippen molar-refractivity contribution in [1.29, 1.82) is 0 Å². The molecule has 0 bridgehead atoms. The molecule has 6 nitrogen and oxygen atoms in total. The van der Waals surface area contributed by atoms with E-state index in [1.807, 2.05) is 17.1 Å². The fourth-order valence-electron chi connectivity index (χ4n) is 3.80. The van der Waals surface area contributed by atoms with Crippen LogP contribution in [0.1, 0.15) is 30.3 Å². The van der Waals surface area contributed by atoms with E-state index in [0.717, 1.165) is 51.1 Å². The Morgan fingerprint density at radius 3 is 2.84 bits per heavy atom. The van der Waals surface area contributed by atoms with Crippen LogP contribution in [-0.4, -0.2) is 59.1 Å². The van der Waals surface area contributed by atoms with Gasteiger partial charge in [-0.15, -0.1) is 0 Å². The summed E-state index contributed by atoms with van der Waals surface area (Å²) in [5.41, 5.74) is 1.24. The second-order valence-corrected chi connectivity index (χ2v) is 7.06. The third-order valence-corrected chi connectivity index (χ3v) is 5.23. The van der Waals surface area contributed by atoms with Gasteiger partial charge in [-0.3, -0.25) is 4.90 Å². The van der Waals surface area contributed by atoms with Gasteiger partial charge in [-0.05, 0) is 37.4 Å². The minimum atomic E-state index is 0.181. The number of hydrogen-bond donors (Lipinski definition) is 1. The number of nitrogens with zero attached hydrogens (tertiary/aromatic N) is 4. The number of rotatable bonds is 5. The summed E-state index contributed by atoms with van der Waals surface area (Å²) in [6.45, 7) is 6.65. The zero-order chi connectivity index (χ0) is 16.9. The molecular weight excluding hydrogens is 314 g/mol. The molecule has 0 aliphatic carbocycles. The summed E-state index contributed by atoms with van der Waals surface area (Å²) in [5.74, 6) is 1.66. The van der Waals surface area contributed by atoms with Crippen molar-refractivity contribution in [2.75, 3.05) is 39.4 Å². The maximum absolute atomic E-state index is 5.74. The van der Waals surface area contributed by atoms with Crippen molar-refractivity contribution in [2.24, 2.45) is 5.92 Å². The molecule has 1 aromatic carbocycles. The Labute approximate surface area is 149 Å². The second kappa shape index (κ2) is 8.08. The molecule has 4 rings (SSSR count). The van der Waals surface area contributed by atoms with Crippen molar-refractivity contribution in [3.05, 3.63) is 48.0 Å². The Morgan fingerprint density at radius 2 is 2.00 bits per heavy atom. The standard InChI is InChI=1S/C19H27N5O/c1-2-4-16(5-3-1)13-24-15-21-19(22-24)18-14-25-11-10-23(18)12-17-6-8-20-9-7-17/h1-5,15,17-18,20H,6-14H2. The Morgan fingerprint density at radius 1 is 1.16 bits per heavy atom. The third-order valence-electron chi connectivity index (χ3n) is 5.23. The number of morpholine rings is 1. The first-order valence-corrected chi connectivity index (χ1v) is 9.34. The molecule has 1 atom stereocenters. The molecule has 1 N–H and O–H groups in total. The molecule has 2 saturated heterocycles. The molecule has 3 heterocycles. The van der Waals surface area contributed by atoms with Gasteiger partial charge in [0, 0.05) is 13.1 Å². The second-order valence-electron chi connectivity index (χ2n) is 7.06. The van der Waals surface area contributed by atoms with Crippen LogP contribution in [0.3, 0.4) is 0 Å². The summed E-state index contributed by atoms with van der Waals surface area (Å²) < 4.78 is 7.67. The molecule has 6 heteroatoms. The average Bonchev–Trinajstić information content (AvgIpc) is 3.12. The molecule has 0 amide bonds. The molecule has 25 heavy (non-hydrogen) atoms. The van der Waals surface area contributed by atoms with E-state index in [1.165, 1.54) is 18.4 Å². The van der Waals surface area contributed by atoms with E-state index in [4.69, 9.17) is 9.84 Å². The molecule has 1 aromatic heterocycles. The SMILES string of the molecule is c1ccc(Cn2cnc(C3COCCN3CC3CCNCC3)n2)cc1. The van der Waals surface area contributed by atoms with Crippen molar-refractivity contribution in [1.82, 2.24) is 25.0 Å². The number of nitrogens with one attached hydrogen (secondary N) is 1. The highest BCUT2D eigenvalue weighted by atomic mass is 16.5. The van der Waals surface area contributed by atoms with Crippen LogP contribution in [0.4, 0.5) is 0 Å². The smallest absolute Gasteiger partial charge is 0.170 e. The van der Waals surface area contributed by atoms with Crippen LogP contribution in [0.2, 0.25) is 0 Å². The minimum Gasteiger partial charge on any atom is -0.378 e. The lowest BCUT2D eigenvalue weighted by atomic mass is 9.96. The summed E-state index contributed by atoms with van der Waals surface area (Å²) in [7, 11) is 0. The lowest BCUT2D eigenvalue weighted by Gasteiger charge is -2.37. The zero-order valence-electron chi connectivity index (χ0n) is 14.7. The fraction of sp³-hybridized carbons (Fsp3) is 0.579. The first-order valence-electron chi connectivity index (χ1n) is 9.34. The van der Waals surface area contributed by atoms with E-state index >= 15 is 0 Å². The average molecular weight is 341 g/mol. The number of benzene rings is 1. The monoisotopic (exact) mass is 341 g/mol. The molecule has 2 fully saturated rings. The van der Waals surface area contributed by atoms with Crippen LogP contribution in [0.5, 0.6) is 0 Å². The van der Waals surface area contributed by atoms with Crippen LogP contribution in [0.25, 0.3) is 0 Å². The summed E-state index contributed by atoms with van der Waals surface area (Å²) in [5, 5.41) is 8.19. The predicted molar refractivity (Wildman–Crippen MR) is 96.3 cm³/mol. The highest BCUT2D eigenvalue weighted by Gasteiger charge is 2.30. The van der Waals surface area contributed by atoms with E-state index < -0.39 is 0 Å². The third kappa shape index (κ3) is 4.26. The molecule has 2 aliphatic heterocycles. The minimum absolute atomic E-state index is 0.181. The fourth-order valence-corrected chi connectivity index (χ4v) is 3.80. The maximum atomic E-state index is 5.74. The normalized spacial score (nSPS) is 23.0. The topological polar surface area (TPSA) is 55.2 Å². The van der Waals surface area contributed by atoms with Gasteiger partial charge in [0.1, 0.15) is 6.33 Å². The van der Waals surface area contributed by atoms with Gasteiger partial charge in [0.05, 0.1) is 25.8 Å². The van der Waals surface area contributed by atoms with E-state index in [9.17, 15) is 0 Å². The molecular formula is C19H27N5O. The van der Waals surface area contributed by atoms with Gasteiger partial charge in [-0.25, -0.2) is 9.67 Å². The van der Waals surface area contributed by atoms with Crippen molar-refractivity contribution in [2.45, 2.75) is 25.4 Å². The van der Waals surface area contributed by atoms with Crippen LogP contribution < -0.4 is 5.32 Å². The molecule has 0 saturated carbocycles.